The van der Waals surface area contributed by atoms with Crippen LogP contribution >= 0.6 is 0 Å². The maximum Gasteiger partial charge on any atom is 0.100 e. The van der Waals surface area contributed by atoms with E-state index in [1.165, 1.54) is 11.1 Å². The SMILES string of the molecule is Cc1ccc(N(c2ccccc2)c2ccc(/C=C/c3ccc4c(C#N)c5cc(/C=C/c6ccc(N(c7ccccc7)c7ccc(C)cc7)cc6)ccc5cc4c3)cc2)cc1. The molecule has 0 saturated carbocycles. The van der Waals surface area contributed by atoms with Gasteiger partial charge in [-0.25, -0.2) is 0 Å². The Morgan fingerprint density at radius 2 is 0.733 bits per heavy atom. The van der Waals surface area contributed by atoms with E-state index >= 15 is 0 Å². The van der Waals surface area contributed by atoms with Crippen molar-refractivity contribution in [2.24, 2.45) is 0 Å². The van der Waals surface area contributed by atoms with Crippen LogP contribution in [0.15, 0.2) is 200 Å². The number of hydrogen-bond donors (Lipinski definition) is 0. The van der Waals surface area contributed by atoms with Gasteiger partial charge in [-0.1, -0.05) is 145 Å². The second-order valence-electron chi connectivity index (χ2n) is 15.2. The van der Waals surface area contributed by atoms with Crippen molar-refractivity contribution < 1.29 is 0 Å². The Labute approximate surface area is 352 Å². The standard InChI is InChI=1S/C57H43N3/c1-41-13-28-51(29-14-41)59(49-9-5-3-6-10-49)53-32-22-43(23-33-53)17-19-45-26-36-55-48(37-45)39-47-27-21-46(38-56(47)57(55)40-58)20-18-44-24-34-54(35-25-44)60(50-11-7-4-8-12-50)52-30-15-42(2)16-31-52/h3-39H,1-2H3/b19-17+,20-18+. The first-order chi connectivity index (χ1) is 29.5. The van der Waals surface area contributed by atoms with Gasteiger partial charge in [0.1, 0.15) is 6.07 Å². The molecule has 0 atom stereocenters. The molecule has 3 heteroatoms. The quantitative estimate of drug-likeness (QED) is 0.102. The first-order valence-corrected chi connectivity index (χ1v) is 20.3. The van der Waals surface area contributed by atoms with Crippen LogP contribution in [0.3, 0.4) is 0 Å². The van der Waals surface area contributed by atoms with Gasteiger partial charge in [0.2, 0.25) is 0 Å². The minimum Gasteiger partial charge on any atom is -0.311 e. The molecule has 286 valence electrons. The van der Waals surface area contributed by atoms with Crippen molar-refractivity contribution in [1.29, 1.82) is 5.26 Å². The van der Waals surface area contributed by atoms with E-state index in [1.54, 1.807) is 0 Å². The molecule has 0 spiro atoms. The maximum atomic E-state index is 10.4. The van der Waals surface area contributed by atoms with Crippen LogP contribution in [0.25, 0.3) is 45.8 Å². The zero-order valence-corrected chi connectivity index (χ0v) is 33.7. The third kappa shape index (κ3) is 8.09. The summed E-state index contributed by atoms with van der Waals surface area (Å²) in [5, 5.41) is 14.4. The number of hydrogen-bond acceptors (Lipinski definition) is 3. The summed E-state index contributed by atoms with van der Waals surface area (Å²) in [6.07, 6.45) is 8.54. The van der Waals surface area contributed by atoms with E-state index in [1.807, 2.05) is 12.1 Å². The highest BCUT2D eigenvalue weighted by molar-refractivity contribution is 6.05. The predicted molar refractivity (Wildman–Crippen MR) is 256 cm³/mol. The van der Waals surface area contributed by atoms with Crippen molar-refractivity contribution in [3.63, 3.8) is 0 Å². The fourth-order valence-corrected chi connectivity index (χ4v) is 7.78. The van der Waals surface area contributed by atoms with Gasteiger partial charge >= 0.3 is 0 Å². The van der Waals surface area contributed by atoms with Crippen LogP contribution in [0.5, 0.6) is 0 Å². The molecule has 0 radical (unpaired) electrons. The van der Waals surface area contributed by atoms with E-state index in [-0.39, 0.29) is 0 Å². The highest BCUT2D eigenvalue weighted by atomic mass is 15.1. The van der Waals surface area contributed by atoms with Gasteiger partial charge in [-0.3, -0.25) is 0 Å². The van der Waals surface area contributed by atoms with Crippen LogP contribution in [0.2, 0.25) is 0 Å². The largest absolute Gasteiger partial charge is 0.311 e. The van der Waals surface area contributed by atoms with Gasteiger partial charge in [0, 0.05) is 44.9 Å². The van der Waals surface area contributed by atoms with Crippen molar-refractivity contribution in [3.8, 4) is 6.07 Å². The van der Waals surface area contributed by atoms with Crippen LogP contribution in [0, 0.1) is 25.2 Å². The molecule has 0 fully saturated rings. The molecule has 0 aliphatic heterocycles. The van der Waals surface area contributed by atoms with Gasteiger partial charge in [0.15, 0.2) is 0 Å². The van der Waals surface area contributed by atoms with E-state index < -0.39 is 0 Å². The summed E-state index contributed by atoms with van der Waals surface area (Å²) in [6.45, 7) is 4.22. The summed E-state index contributed by atoms with van der Waals surface area (Å²) in [4.78, 5) is 4.55. The highest BCUT2D eigenvalue weighted by Gasteiger charge is 2.14. The van der Waals surface area contributed by atoms with Crippen molar-refractivity contribution in [1.82, 2.24) is 0 Å². The number of benzene rings is 9. The molecule has 0 heterocycles. The summed E-state index contributed by atoms with van der Waals surface area (Å²) in [7, 11) is 0. The van der Waals surface area contributed by atoms with E-state index in [0.717, 1.165) is 77.9 Å². The average molecular weight is 770 g/mol. The Hall–Kier alpha value is -7.93. The molecule has 60 heavy (non-hydrogen) atoms. The van der Waals surface area contributed by atoms with Gasteiger partial charge in [0.05, 0.1) is 5.56 Å². The van der Waals surface area contributed by atoms with Crippen LogP contribution < -0.4 is 9.80 Å². The summed E-state index contributed by atoms with van der Waals surface area (Å²) in [5.74, 6) is 0. The predicted octanol–water partition coefficient (Wildman–Crippen LogP) is 15.8. The van der Waals surface area contributed by atoms with Gasteiger partial charge in [0.25, 0.3) is 0 Å². The van der Waals surface area contributed by atoms with Crippen LogP contribution in [-0.2, 0) is 0 Å². The van der Waals surface area contributed by atoms with E-state index in [2.05, 4.69) is 242 Å². The lowest BCUT2D eigenvalue weighted by molar-refractivity contribution is 1.27. The molecule has 9 aromatic rings. The van der Waals surface area contributed by atoms with Gasteiger partial charge in [-0.05, 0) is 138 Å². The van der Waals surface area contributed by atoms with Crippen molar-refractivity contribution in [2.45, 2.75) is 13.8 Å². The van der Waals surface area contributed by atoms with Crippen LogP contribution in [-0.4, -0.2) is 0 Å². The van der Waals surface area contributed by atoms with Crippen molar-refractivity contribution >= 4 is 80.0 Å². The summed E-state index contributed by atoms with van der Waals surface area (Å²) in [6, 6.07) is 72.9. The number of nitriles is 1. The third-order valence-corrected chi connectivity index (χ3v) is 11.0. The molecule has 0 amide bonds. The Morgan fingerprint density at radius 1 is 0.350 bits per heavy atom. The molecule has 0 unspecified atom stereocenters. The minimum atomic E-state index is 0.696. The Balaban J connectivity index is 0.936. The fourth-order valence-electron chi connectivity index (χ4n) is 7.78. The molecular formula is C57H43N3. The zero-order valence-electron chi connectivity index (χ0n) is 33.7. The highest BCUT2D eigenvalue weighted by Crippen LogP contribution is 2.37. The normalized spacial score (nSPS) is 11.3. The summed E-state index contributed by atoms with van der Waals surface area (Å²) >= 11 is 0. The topological polar surface area (TPSA) is 30.3 Å². The van der Waals surface area contributed by atoms with E-state index in [0.29, 0.717) is 5.56 Å². The molecule has 0 N–H and O–H groups in total. The number of rotatable bonds is 10. The van der Waals surface area contributed by atoms with E-state index in [9.17, 15) is 5.26 Å². The monoisotopic (exact) mass is 769 g/mol. The summed E-state index contributed by atoms with van der Waals surface area (Å²) < 4.78 is 0. The maximum absolute atomic E-state index is 10.4. The van der Waals surface area contributed by atoms with Gasteiger partial charge in [-0.15, -0.1) is 0 Å². The second kappa shape index (κ2) is 16.9. The molecule has 0 saturated heterocycles. The Bertz CT molecular complexity index is 3010. The number of aryl methyl sites for hydroxylation is 2. The number of nitrogens with zero attached hydrogens (tertiary/aromatic N) is 3. The zero-order chi connectivity index (χ0) is 40.8. The molecule has 0 aliphatic carbocycles. The number of fused-ring (bicyclic) bond motifs is 2. The average Bonchev–Trinajstić information content (AvgIpc) is 3.30. The van der Waals surface area contributed by atoms with Crippen LogP contribution in [0.1, 0.15) is 38.9 Å². The molecule has 0 aliphatic rings. The first kappa shape index (κ1) is 37.6. The first-order valence-electron chi connectivity index (χ1n) is 20.3. The Kier molecular flexibility index (Phi) is 10.6. The van der Waals surface area contributed by atoms with Crippen molar-refractivity contribution in [3.05, 3.63) is 239 Å². The minimum absolute atomic E-state index is 0.696. The lowest BCUT2D eigenvalue weighted by Crippen LogP contribution is -2.09. The summed E-state index contributed by atoms with van der Waals surface area (Å²) in [5.41, 5.74) is 14.2. The molecule has 3 nitrogen and oxygen atoms in total. The third-order valence-electron chi connectivity index (χ3n) is 11.0. The second-order valence-corrected chi connectivity index (χ2v) is 15.2. The smallest absolute Gasteiger partial charge is 0.100 e. The molecule has 0 bridgehead atoms. The number of para-hydroxylation sites is 2. The van der Waals surface area contributed by atoms with Gasteiger partial charge in [-0.2, -0.15) is 5.26 Å². The number of anilines is 6. The van der Waals surface area contributed by atoms with Crippen LogP contribution in [0.4, 0.5) is 34.1 Å². The lowest BCUT2D eigenvalue weighted by Gasteiger charge is -2.25. The molecule has 0 aromatic heterocycles. The molecule has 9 rings (SSSR count). The molecule has 9 aromatic carbocycles. The molecular weight excluding hydrogens is 727 g/mol. The Morgan fingerprint density at radius 3 is 1.20 bits per heavy atom. The fraction of sp³-hybridized carbons (Fsp3) is 0.0351. The van der Waals surface area contributed by atoms with Crippen molar-refractivity contribution in [2.75, 3.05) is 9.80 Å². The lowest BCUT2D eigenvalue weighted by atomic mass is 9.94. The van der Waals surface area contributed by atoms with E-state index in [4.69, 9.17) is 0 Å². The van der Waals surface area contributed by atoms with Gasteiger partial charge < -0.3 is 9.80 Å².